The Hall–Kier alpha value is -1.85. The fourth-order valence-corrected chi connectivity index (χ4v) is 1.43. The monoisotopic (exact) mass is 254 g/mol. The van der Waals surface area contributed by atoms with E-state index >= 15 is 0 Å². The van der Waals surface area contributed by atoms with Gasteiger partial charge in [-0.05, 0) is 0 Å². The molecule has 1 aromatic rings. The Morgan fingerprint density at radius 1 is 1.44 bits per heavy atom. The lowest BCUT2D eigenvalue weighted by Gasteiger charge is -2.17. The number of carbonyl (C=O) groups excluding carboxylic acids is 1. The number of carboxylic acid groups (broad SMARTS) is 1. The molecule has 0 spiro atoms. The predicted octanol–water partition coefficient (Wildman–Crippen LogP) is 1.59. The summed E-state index contributed by atoms with van der Waals surface area (Å²) >= 11 is 0. The molecule has 100 valence electrons. The molecular weight excluding hydrogens is 236 g/mol. The van der Waals surface area contributed by atoms with Crippen molar-refractivity contribution < 1.29 is 19.2 Å². The van der Waals surface area contributed by atoms with Crippen LogP contribution in [0.4, 0.5) is 0 Å². The smallest absolute Gasteiger partial charge is 0.308 e. The molecule has 0 aliphatic rings. The average molecular weight is 254 g/mol. The summed E-state index contributed by atoms with van der Waals surface area (Å²) in [6, 6.07) is 1.59. The van der Waals surface area contributed by atoms with Crippen LogP contribution in [0.1, 0.15) is 42.9 Å². The lowest BCUT2D eigenvalue weighted by molar-refractivity contribution is -0.141. The highest BCUT2D eigenvalue weighted by molar-refractivity contribution is 5.92. The molecule has 1 atom stereocenters. The molecular formula is C12H18N2O4. The van der Waals surface area contributed by atoms with Crippen LogP contribution in [-0.2, 0) is 4.79 Å². The van der Waals surface area contributed by atoms with E-state index in [9.17, 15) is 9.59 Å². The van der Waals surface area contributed by atoms with E-state index in [1.54, 1.807) is 20.0 Å². The van der Waals surface area contributed by atoms with E-state index in [0.29, 0.717) is 5.76 Å². The minimum atomic E-state index is -0.933. The highest BCUT2D eigenvalue weighted by Crippen LogP contribution is 2.16. The molecule has 1 aromatic heterocycles. The van der Waals surface area contributed by atoms with Crippen LogP contribution in [0.2, 0.25) is 0 Å². The summed E-state index contributed by atoms with van der Waals surface area (Å²) in [7, 11) is 1.55. The molecule has 0 saturated carbocycles. The fraction of sp³-hybridized carbons (Fsp3) is 0.583. The molecule has 0 radical (unpaired) electrons. The molecule has 0 aliphatic carbocycles. The average Bonchev–Trinajstić information content (AvgIpc) is 2.76. The second-order valence-corrected chi connectivity index (χ2v) is 4.69. The van der Waals surface area contributed by atoms with Gasteiger partial charge in [0.05, 0.1) is 5.92 Å². The molecule has 0 aliphatic heterocycles. The zero-order valence-electron chi connectivity index (χ0n) is 11.0. The number of aliphatic carboxylic acids is 1. The largest absolute Gasteiger partial charge is 0.481 e. The number of hydrogen-bond donors (Lipinski definition) is 1. The number of rotatable bonds is 5. The van der Waals surface area contributed by atoms with Crippen molar-refractivity contribution in [1.29, 1.82) is 0 Å². The molecule has 1 rings (SSSR count). The first-order valence-corrected chi connectivity index (χ1v) is 5.77. The van der Waals surface area contributed by atoms with E-state index in [2.05, 4.69) is 5.16 Å². The topological polar surface area (TPSA) is 83.6 Å². The summed E-state index contributed by atoms with van der Waals surface area (Å²) in [5, 5.41) is 12.5. The highest BCUT2D eigenvalue weighted by atomic mass is 16.5. The zero-order valence-corrected chi connectivity index (χ0v) is 11.0. The maximum Gasteiger partial charge on any atom is 0.308 e. The van der Waals surface area contributed by atoms with Crippen molar-refractivity contribution in [3.05, 3.63) is 17.5 Å². The molecule has 0 saturated heterocycles. The quantitative estimate of drug-likeness (QED) is 0.862. The Bertz CT molecular complexity index is 439. The summed E-state index contributed by atoms with van der Waals surface area (Å²) < 4.78 is 5.04. The number of carboxylic acids is 1. The van der Waals surface area contributed by atoms with Gasteiger partial charge in [-0.3, -0.25) is 9.59 Å². The maximum atomic E-state index is 11.9. The van der Waals surface area contributed by atoms with Crippen molar-refractivity contribution in [2.45, 2.75) is 26.7 Å². The first kappa shape index (κ1) is 14.2. The van der Waals surface area contributed by atoms with Gasteiger partial charge in [0, 0.05) is 25.6 Å². The van der Waals surface area contributed by atoms with Gasteiger partial charge in [0.15, 0.2) is 5.69 Å². The lowest BCUT2D eigenvalue weighted by atomic mass is 10.1. The fourth-order valence-electron chi connectivity index (χ4n) is 1.43. The highest BCUT2D eigenvalue weighted by Gasteiger charge is 2.21. The molecule has 0 fully saturated rings. The third kappa shape index (κ3) is 3.32. The van der Waals surface area contributed by atoms with Crippen LogP contribution >= 0.6 is 0 Å². The van der Waals surface area contributed by atoms with E-state index in [4.69, 9.17) is 9.63 Å². The van der Waals surface area contributed by atoms with Crippen molar-refractivity contribution in [2.24, 2.45) is 5.92 Å². The van der Waals surface area contributed by atoms with Gasteiger partial charge in [-0.15, -0.1) is 0 Å². The molecule has 1 N–H and O–H groups in total. The third-order valence-corrected chi connectivity index (χ3v) is 2.63. The van der Waals surface area contributed by atoms with Gasteiger partial charge < -0.3 is 14.5 Å². The Morgan fingerprint density at radius 3 is 2.50 bits per heavy atom. The molecule has 0 bridgehead atoms. The summed E-state index contributed by atoms with van der Waals surface area (Å²) in [6.07, 6.45) is 0. The number of aromatic nitrogens is 1. The van der Waals surface area contributed by atoms with Gasteiger partial charge >= 0.3 is 5.97 Å². The molecule has 1 heterocycles. The Balaban J connectivity index is 2.71. The van der Waals surface area contributed by atoms with Crippen molar-refractivity contribution in [3.8, 4) is 0 Å². The number of nitrogens with zero attached hydrogens (tertiary/aromatic N) is 2. The molecule has 6 nitrogen and oxygen atoms in total. The molecule has 1 amide bonds. The van der Waals surface area contributed by atoms with Gasteiger partial charge in [-0.1, -0.05) is 25.9 Å². The normalized spacial score (nSPS) is 12.5. The van der Waals surface area contributed by atoms with Gasteiger partial charge in [-0.25, -0.2) is 0 Å². The molecule has 1 unspecified atom stereocenters. The Kier molecular flexibility index (Phi) is 4.47. The zero-order chi connectivity index (χ0) is 13.9. The first-order valence-electron chi connectivity index (χ1n) is 5.77. The predicted molar refractivity (Wildman–Crippen MR) is 64.4 cm³/mol. The lowest BCUT2D eigenvalue weighted by Crippen LogP contribution is -2.33. The Morgan fingerprint density at radius 2 is 2.06 bits per heavy atom. The van der Waals surface area contributed by atoms with Crippen LogP contribution in [-0.4, -0.2) is 40.6 Å². The standard InChI is InChI=1S/C12H18N2O4/c1-7(2)10-5-9(13-18-10)11(15)14(4)6-8(3)12(16)17/h5,7-8H,6H2,1-4H3,(H,16,17). The van der Waals surface area contributed by atoms with Crippen molar-refractivity contribution in [3.63, 3.8) is 0 Å². The van der Waals surface area contributed by atoms with Crippen LogP contribution in [0, 0.1) is 5.92 Å². The van der Waals surface area contributed by atoms with Crippen LogP contribution in [0.25, 0.3) is 0 Å². The number of amides is 1. The van der Waals surface area contributed by atoms with E-state index in [1.807, 2.05) is 13.8 Å². The van der Waals surface area contributed by atoms with Crippen LogP contribution < -0.4 is 0 Å². The number of carbonyl (C=O) groups is 2. The number of hydrogen-bond acceptors (Lipinski definition) is 4. The van der Waals surface area contributed by atoms with Crippen molar-refractivity contribution >= 4 is 11.9 Å². The summed E-state index contributed by atoms with van der Waals surface area (Å²) in [4.78, 5) is 24.0. The van der Waals surface area contributed by atoms with Crippen LogP contribution in [0.5, 0.6) is 0 Å². The Labute approximate surface area is 106 Å². The van der Waals surface area contributed by atoms with Gasteiger partial charge in [0.25, 0.3) is 5.91 Å². The van der Waals surface area contributed by atoms with Crippen LogP contribution in [0.3, 0.4) is 0 Å². The molecule has 18 heavy (non-hydrogen) atoms. The van der Waals surface area contributed by atoms with E-state index in [-0.39, 0.29) is 24.1 Å². The second kappa shape index (κ2) is 5.66. The third-order valence-electron chi connectivity index (χ3n) is 2.63. The molecule has 0 aromatic carbocycles. The molecule has 6 heteroatoms. The first-order chi connectivity index (χ1) is 8.32. The van der Waals surface area contributed by atoms with Gasteiger partial charge in [0.1, 0.15) is 5.76 Å². The van der Waals surface area contributed by atoms with E-state index < -0.39 is 11.9 Å². The minimum Gasteiger partial charge on any atom is -0.481 e. The van der Waals surface area contributed by atoms with E-state index in [0.717, 1.165) is 0 Å². The van der Waals surface area contributed by atoms with Gasteiger partial charge in [-0.2, -0.15) is 0 Å². The van der Waals surface area contributed by atoms with Crippen molar-refractivity contribution in [1.82, 2.24) is 10.1 Å². The summed E-state index contributed by atoms with van der Waals surface area (Å²) in [5.74, 6) is -1.09. The van der Waals surface area contributed by atoms with Crippen molar-refractivity contribution in [2.75, 3.05) is 13.6 Å². The van der Waals surface area contributed by atoms with Gasteiger partial charge in [0.2, 0.25) is 0 Å². The maximum absolute atomic E-state index is 11.9. The summed E-state index contributed by atoms with van der Waals surface area (Å²) in [6.45, 7) is 5.56. The SMILES string of the molecule is CC(CN(C)C(=O)c1cc(C(C)C)on1)C(=O)O. The second-order valence-electron chi connectivity index (χ2n) is 4.69. The summed E-state index contributed by atoms with van der Waals surface area (Å²) in [5.41, 5.74) is 0.207. The minimum absolute atomic E-state index is 0.137. The van der Waals surface area contributed by atoms with Crippen LogP contribution in [0.15, 0.2) is 10.6 Å². The van der Waals surface area contributed by atoms with E-state index in [1.165, 1.54) is 4.90 Å².